The molecular weight excluding hydrogens is 388 g/mol. The van der Waals surface area contributed by atoms with Crippen molar-refractivity contribution in [1.29, 1.82) is 0 Å². The van der Waals surface area contributed by atoms with E-state index < -0.39 is 6.04 Å². The topological polar surface area (TPSA) is 58.6 Å². The standard InChI is InChI=1S/C26H34N2O3/c1-18-8-7-9-22(14-18)16-28(21(4)26(30)27-23-10-5-6-11-23)25(29)17-31-24-13-12-19(2)20(3)15-24/h7-9,12-15,21,23H,5-6,10-11,16-17H2,1-4H3,(H,27,30)/t21-/m1/s1. The smallest absolute Gasteiger partial charge is 0.261 e. The number of nitrogens with one attached hydrogen (secondary N) is 1. The van der Waals surface area contributed by atoms with Crippen LogP contribution in [0.4, 0.5) is 0 Å². The maximum absolute atomic E-state index is 13.2. The molecule has 0 aliphatic heterocycles. The first-order valence-corrected chi connectivity index (χ1v) is 11.2. The van der Waals surface area contributed by atoms with Gasteiger partial charge in [-0.05, 0) is 69.4 Å². The molecule has 31 heavy (non-hydrogen) atoms. The van der Waals surface area contributed by atoms with E-state index in [1.165, 1.54) is 5.56 Å². The zero-order valence-electron chi connectivity index (χ0n) is 19.1. The third-order valence-electron chi connectivity index (χ3n) is 6.14. The molecule has 1 fully saturated rings. The molecule has 0 unspecified atom stereocenters. The second-order valence-electron chi connectivity index (χ2n) is 8.71. The Hall–Kier alpha value is -2.82. The number of ether oxygens (including phenoxy) is 1. The molecule has 0 saturated heterocycles. The molecule has 0 radical (unpaired) electrons. The van der Waals surface area contributed by atoms with Crippen LogP contribution in [0.1, 0.15) is 54.9 Å². The van der Waals surface area contributed by atoms with E-state index in [0.717, 1.165) is 42.4 Å². The summed E-state index contributed by atoms with van der Waals surface area (Å²) in [5, 5.41) is 3.12. The number of aryl methyl sites for hydroxylation is 3. The summed E-state index contributed by atoms with van der Waals surface area (Å²) in [6.07, 6.45) is 4.32. The average Bonchev–Trinajstić information content (AvgIpc) is 3.25. The van der Waals surface area contributed by atoms with E-state index in [4.69, 9.17) is 4.74 Å². The van der Waals surface area contributed by atoms with Gasteiger partial charge in [-0.1, -0.05) is 48.7 Å². The highest BCUT2D eigenvalue weighted by molar-refractivity contribution is 5.88. The van der Waals surface area contributed by atoms with Gasteiger partial charge >= 0.3 is 0 Å². The summed E-state index contributed by atoms with van der Waals surface area (Å²) in [7, 11) is 0. The minimum atomic E-state index is -0.572. The van der Waals surface area contributed by atoms with Gasteiger partial charge < -0.3 is 15.0 Å². The van der Waals surface area contributed by atoms with Crippen molar-refractivity contribution in [3.05, 3.63) is 64.7 Å². The molecule has 1 atom stereocenters. The first-order chi connectivity index (χ1) is 14.8. The van der Waals surface area contributed by atoms with Crippen molar-refractivity contribution >= 4 is 11.8 Å². The molecule has 2 aromatic rings. The summed E-state index contributed by atoms with van der Waals surface area (Å²) in [4.78, 5) is 27.7. The number of carbonyl (C=O) groups excluding carboxylic acids is 2. The second-order valence-corrected chi connectivity index (χ2v) is 8.71. The molecule has 2 aromatic carbocycles. The summed E-state index contributed by atoms with van der Waals surface area (Å²) in [6, 6.07) is 13.5. The maximum atomic E-state index is 13.2. The van der Waals surface area contributed by atoms with Crippen molar-refractivity contribution in [2.75, 3.05) is 6.61 Å². The highest BCUT2D eigenvalue weighted by Crippen LogP contribution is 2.19. The minimum Gasteiger partial charge on any atom is -0.484 e. The average molecular weight is 423 g/mol. The van der Waals surface area contributed by atoms with E-state index in [-0.39, 0.29) is 24.5 Å². The predicted molar refractivity (Wildman–Crippen MR) is 123 cm³/mol. The number of benzene rings is 2. The van der Waals surface area contributed by atoms with Crippen LogP contribution >= 0.6 is 0 Å². The van der Waals surface area contributed by atoms with Crippen molar-refractivity contribution in [3.63, 3.8) is 0 Å². The zero-order chi connectivity index (χ0) is 22.4. The highest BCUT2D eigenvalue weighted by Gasteiger charge is 2.28. The Kier molecular flexibility index (Phi) is 7.72. The van der Waals surface area contributed by atoms with Crippen LogP contribution < -0.4 is 10.1 Å². The van der Waals surface area contributed by atoms with Crippen molar-refractivity contribution in [3.8, 4) is 5.75 Å². The Morgan fingerprint density at radius 1 is 1.06 bits per heavy atom. The lowest BCUT2D eigenvalue weighted by atomic mass is 10.1. The molecule has 5 heteroatoms. The van der Waals surface area contributed by atoms with Crippen LogP contribution in [0.2, 0.25) is 0 Å². The number of amides is 2. The Morgan fingerprint density at radius 3 is 2.48 bits per heavy atom. The van der Waals surface area contributed by atoms with Crippen molar-refractivity contribution in [1.82, 2.24) is 10.2 Å². The molecule has 1 N–H and O–H groups in total. The van der Waals surface area contributed by atoms with Crippen molar-refractivity contribution < 1.29 is 14.3 Å². The summed E-state index contributed by atoms with van der Waals surface area (Å²) >= 11 is 0. The lowest BCUT2D eigenvalue weighted by Gasteiger charge is -2.29. The van der Waals surface area contributed by atoms with Gasteiger partial charge in [-0.25, -0.2) is 0 Å². The summed E-state index contributed by atoms with van der Waals surface area (Å²) in [5.74, 6) is 0.364. The second kappa shape index (κ2) is 10.5. The fourth-order valence-electron chi connectivity index (χ4n) is 4.01. The molecule has 0 bridgehead atoms. The normalized spacial score (nSPS) is 14.8. The Balaban J connectivity index is 1.72. The van der Waals surface area contributed by atoms with Gasteiger partial charge in [-0.3, -0.25) is 9.59 Å². The van der Waals surface area contributed by atoms with Crippen LogP contribution in [0.5, 0.6) is 5.75 Å². The van der Waals surface area contributed by atoms with Crippen molar-refractivity contribution in [2.45, 2.75) is 72.0 Å². The van der Waals surface area contributed by atoms with Gasteiger partial charge in [0.05, 0.1) is 0 Å². The van der Waals surface area contributed by atoms with Gasteiger partial charge in [-0.2, -0.15) is 0 Å². The Bertz CT molecular complexity index is 919. The third kappa shape index (κ3) is 6.33. The predicted octanol–water partition coefficient (Wildman–Crippen LogP) is 4.47. The fourth-order valence-corrected chi connectivity index (χ4v) is 4.01. The Labute approximate surface area is 185 Å². The van der Waals surface area contributed by atoms with E-state index >= 15 is 0 Å². The van der Waals surface area contributed by atoms with E-state index in [0.29, 0.717) is 12.3 Å². The molecule has 0 spiro atoms. The molecule has 5 nitrogen and oxygen atoms in total. The van der Waals surface area contributed by atoms with Gasteiger partial charge in [0.2, 0.25) is 5.91 Å². The summed E-state index contributed by atoms with van der Waals surface area (Å²) in [6.45, 7) is 8.15. The number of carbonyl (C=O) groups is 2. The van der Waals surface area contributed by atoms with Gasteiger partial charge in [-0.15, -0.1) is 0 Å². The lowest BCUT2D eigenvalue weighted by molar-refractivity contribution is -0.142. The van der Waals surface area contributed by atoms with Crippen LogP contribution in [0.3, 0.4) is 0 Å². The number of hydrogen-bond acceptors (Lipinski definition) is 3. The number of hydrogen-bond donors (Lipinski definition) is 1. The molecule has 1 saturated carbocycles. The van der Waals surface area contributed by atoms with Crippen LogP contribution in [0.15, 0.2) is 42.5 Å². The first kappa shape index (κ1) is 22.9. The fraction of sp³-hybridized carbons (Fsp3) is 0.462. The minimum absolute atomic E-state index is 0.0981. The third-order valence-corrected chi connectivity index (χ3v) is 6.14. The molecule has 0 heterocycles. The van der Waals surface area contributed by atoms with E-state index in [1.54, 1.807) is 11.8 Å². The quantitative estimate of drug-likeness (QED) is 0.683. The SMILES string of the molecule is Cc1cccc(CN(C(=O)COc2ccc(C)c(C)c2)[C@H](C)C(=O)NC2CCCC2)c1. The van der Waals surface area contributed by atoms with Gasteiger partial charge in [0.1, 0.15) is 11.8 Å². The molecule has 1 aliphatic rings. The van der Waals surface area contributed by atoms with Gasteiger partial charge in [0.25, 0.3) is 5.91 Å². The molecule has 166 valence electrons. The molecule has 3 rings (SSSR count). The van der Waals surface area contributed by atoms with Crippen LogP contribution in [0, 0.1) is 20.8 Å². The van der Waals surface area contributed by atoms with Gasteiger partial charge in [0, 0.05) is 12.6 Å². The van der Waals surface area contributed by atoms with Gasteiger partial charge in [0.15, 0.2) is 6.61 Å². The van der Waals surface area contributed by atoms with E-state index in [1.807, 2.05) is 63.2 Å². The highest BCUT2D eigenvalue weighted by atomic mass is 16.5. The maximum Gasteiger partial charge on any atom is 0.261 e. The van der Waals surface area contributed by atoms with E-state index in [9.17, 15) is 9.59 Å². The monoisotopic (exact) mass is 422 g/mol. The first-order valence-electron chi connectivity index (χ1n) is 11.2. The number of rotatable bonds is 8. The van der Waals surface area contributed by atoms with E-state index in [2.05, 4.69) is 5.32 Å². The molecular formula is C26H34N2O3. The van der Waals surface area contributed by atoms with Crippen LogP contribution in [-0.2, 0) is 16.1 Å². The number of nitrogens with zero attached hydrogens (tertiary/aromatic N) is 1. The van der Waals surface area contributed by atoms with Crippen LogP contribution in [0.25, 0.3) is 0 Å². The molecule has 1 aliphatic carbocycles. The van der Waals surface area contributed by atoms with Crippen LogP contribution in [-0.4, -0.2) is 35.4 Å². The summed E-state index contributed by atoms with van der Waals surface area (Å²) < 4.78 is 5.79. The largest absolute Gasteiger partial charge is 0.484 e. The molecule has 2 amide bonds. The summed E-state index contributed by atoms with van der Waals surface area (Å²) in [5.41, 5.74) is 4.42. The molecule has 0 aromatic heterocycles. The Morgan fingerprint density at radius 2 is 1.81 bits per heavy atom. The van der Waals surface area contributed by atoms with Crippen molar-refractivity contribution in [2.24, 2.45) is 0 Å². The lowest BCUT2D eigenvalue weighted by Crippen LogP contribution is -2.50. The zero-order valence-corrected chi connectivity index (χ0v) is 19.1.